The van der Waals surface area contributed by atoms with Crippen LogP contribution in [0, 0.1) is 0 Å². The van der Waals surface area contributed by atoms with Crippen molar-refractivity contribution in [2.45, 2.75) is 0 Å². The molecule has 0 aliphatic rings. The molecule has 6 heteroatoms. The quantitative estimate of drug-likeness (QED) is 0.408. The number of hydrogen-bond acceptors (Lipinski definition) is 1. The maximum atomic E-state index is 5.03. The molecule has 1 nitrogen and oxygen atoms in total. The van der Waals surface area contributed by atoms with Crippen LogP contribution in [0.15, 0.2) is 0 Å². The van der Waals surface area contributed by atoms with E-state index in [-0.39, 0.29) is 0 Å². The van der Waals surface area contributed by atoms with E-state index in [0.29, 0.717) is 5.52 Å². The number of hydrogen-bond donors (Lipinski definition) is 0. The lowest BCUT2D eigenvalue weighted by Gasteiger charge is -2.05. The highest BCUT2D eigenvalue weighted by Crippen LogP contribution is 2.28. The molecule has 0 aliphatic heterocycles. The average Bonchev–Trinajstić information content (AvgIpc) is 1.30. The minimum Gasteiger partial charge on any atom is -0.381 e. The molecular weight excluding hydrogens is 376 g/mol. The molecule has 0 radical (unpaired) electrons. The summed E-state index contributed by atoms with van der Waals surface area (Å²) in [5, 5.41) is 0. The molecule has 0 saturated carbocycles. The van der Waals surface area contributed by atoms with Crippen LogP contribution in [0.5, 0.6) is 0 Å². The maximum absolute atomic E-state index is 5.03. The summed E-state index contributed by atoms with van der Waals surface area (Å²) in [5.74, 6) is 0. The van der Waals surface area contributed by atoms with Gasteiger partial charge in [-0.25, -0.2) is 0 Å². The zero-order chi connectivity index (χ0) is 5.91. The molecule has 0 bridgehead atoms. The first-order valence-electron chi connectivity index (χ1n) is 1.33. The van der Waals surface area contributed by atoms with Crippen LogP contribution in [0.4, 0.5) is 0 Å². The summed E-state index contributed by atoms with van der Waals surface area (Å²) in [6, 6.07) is 0. The molecule has 0 aromatic rings. The second-order valence-electron chi connectivity index (χ2n) is 0.699. The van der Waals surface area contributed by atoms with E-state index in [2.05, 4.69) is 61.8 Å². The molecule has 0 fully saturated rings. The molecule has 0 saturated heterocycles. The van der Waals surface area contributed by atoms with Crippen LogP contribution in [0.3, 0.4) is 0 Å². The molecule has 0 amide bonds. The Labute approximate surface area is 75.2 Å². The smallest absolute Gasteiger partial charge is 0.381 e. The SMILES string of the molecule is BrCO[Si](Br)(Br)Br. The molecule has 7 heavy (non-hydrogen) atoms. The van der Waals surface area contributed by atoms with E-state index in [1.165, 1.54) is 0 Å². The highest BCUT2D eigenvalue weighted by atomic mass is 80.0. The van der Waals surface area contributed by atoms with Crippen molar-refractivity contribution in [1.29, 1.82) is 0 Å². The lowest BCUT2D eigenvalue weighted by atomic mass is 11.8. The topological polar surface area (TPSA) is 9.23 Å². The Hall–Kier alpha value is 2.10. The van der Waals surface area contributed by atoms with E-state index in [4.69, 9.17) is 4.43 Å². The van der Waals surface area contributed by atoms with Crippen LogP contribution in [-0.2, 0) is 4.43 Å². The van der Waals surface area contributed by atoms with Crippen LogP contribution in [0.1, 0.15) is 0 Å². The monoisotopic (exact) mass is 374 g/mol. The van der Waals surface area contributed by atoms with Gasteiger partial charge in [0, 0.05) is 0 Å². The Morgan fingerprint density at radius 3 is 1.71 bits per heavy atom. The van der Waals surface area contributed by atoms with E-state index in [0.717, 1.165) is 0 Å². The zero-order valence-electron chi connectivity index (χ0n) is 3.13. The molecule has 0 aromatic carbocycles. The average molecular weight is 378 g/mol. The minimum absolute atomic E-state index is 0.543. The van der Waals surface area contributed by atoms with Crippen molar-refractivity contribution in [3.8, 4) is 0 Å². The van der Waals surface area contributed by atoms with Crippen LogP contribution < -0.4 is 0 Å². The molecule has 0 unspecified atom stereocenters. The summed E-state index contributed by atoms with van der Waals surface area (Å²) < 4.78 is 3.27. The fourth-order valence-electron chi connectivity index (χ4n) is 0.0619. The number of halogens is 4. The first-order chi connectivity index (χ1) is 3.06. The lowest BCUT2D eigenvalue weighted by Crippen LogP contribution is -2.11. The van der Waals surface area contributed by atoms with Crippen LogP contribution in [0.25, 0.3) is 0 Å². The molecule has 0 aliphatic carbocycles. The predicted molar refractivity (Wildman–Crippen MR) is 47.4 cm³/mol. The third kappa shape index (κ3) is 8.10. The van der Waals surface area contributed by atoms with Gasteiger partial charge in [-0.3, -0.25) is 0 Å². The zero-order valence-corrected chi connectivity index (χ0v) is 10.5. The van der Waals surface area contributed by atoms with Crippen molar-refractivity contribution in [2.75, 3.05) is 5.52 Å². The molecule has 44 valence electrons. The van der Waals surface area contributed by atoms with Gasteiger partial charge in [0.05, 0.1) is 5.52 Å². The summed E-state index contributed by atoms with van der Waals surface area (Å²) in [6.45, 7) is 0. The third-order valence-electron chi connectivity index (χ3n) is 0.218. The van der Waals surface area contributed by atoms with E-state index in [1.807, 2.05) is 0 Å². The minimum atomic E-state index is -1.77. The van der Waals surface area contributed by atoms with Crippen molar-refractivity contribution < 1.29 is 4.43 Å². The molecule has 0 aromatic heterocycles. The van der Waals surface area contributed by atoms with Gasteiger partial charge < -0.3 is 4.43 Å². The van der Waals surface area contributed by atoms with Gasteiger partial charge in [-0.1, -0.05) is 61.8 Å². The number of alkyl halides is 1. The highest BCUT2D eigenvalue weighted by Gasteiger charge is 2.22. The van der Waals surface area contributed by atoms with Crippen LogP contribution in [-0.4, -0.2) is 9.69 Å². The number of rotatable bonds is 2. The Morgan fingerprint density at radius 2 is 1.71 bits per heavy atom. The van der Waals surface area contributed by atoms with Gasteiger partial charge in [-0.05, 0) is 0 Å². The van der Waals surface area contributed by atoms with Gasteiger partial charge in [0.2, 0.25) is 0 Å². The standard InChI is InChI=1S/CH2Br4OSi/c2-1-6-7(3,4)5/h1H2. The van der Waals surface area contributed by atoms with Gasteiger partial charge in [-0.2, -0.15) is 0 Å². The van der Waals surface area contributed by atoms with Crippen molar-refractivity contribution in [1.82, 2.24) is 0 Å². The summed E-state index contributed by atoms with van der Waals surface area (Å²) >= 11 is 12.9. The molecule has 0 heterocycles. The fraction of sp³-hybridized carbons (Fsp3) is 1.00. The first-order valence-corrected chi connectivity index (χ1v) is 11.1. The van der Waals surface area contributed by atoms with Crippen molar-refractivity contribution in [3.05, 3.63) is 0 Å². The van der Waals surface area contributed by atoms with Crippen molar-refractivity contribution in [3.63, 3.8) is 0 Å². The molecular formula is CH2Br4OSi. The molecule has 0 rings (SSSR count). The van der Waals surface area contributed by atoms with Crippen LogP contribution in [0.2, 0.25) is 0 Å². The van der Waals surface area contributed by atoms with E-state index in [9.17, 15) is 0 Å². The Balaban J connectivity index is 3.15. The second kappa shape index (κ2) is 4.00. The van der Waals surface area contributed by atoms with Gasteiger partial charge in [0.15, 0.2) is 0 Å². The van der Waals surface area contributed by atoms with Gasteiger partial charge in [-0.15, -0.1) is 0 Å². The predicted octanol–water partition coefficient (Wildman–Crippen LogP) is 2.98. The van der Waals surface area contributed by atoms with Gasteiger partial charge in [0.25, 0.3) is 0 Å². The summed E-state index contributed by atoms with van der Waals surface area (Å²) in [7, 11) is 0. The Bertz CT molecular complexity index is 50.1. The second-order valence-corrected chi connectivity index (χ2v) is 22.0. The third-order valence-corrected chi connectivity index (χ3v) is 3.40. The van der Waals surface area contributed by atoms with Gasteiger partial charge in [0.1, 0.15) is 0 Å². The lowest BCUT2D eigenvalue weighted by molar-refractivity contribution is 0.431. The summed E-state index contributed by atoms with van der Waals surface area (Å²) in [4.78, 5) is 0. The normalized spacial score (nSPS) is 12.0. The maximum Gasteiger partial charge on any atom is 0.410 e. The summed E-state index contributed by atoms with van der Waals surface area (Å²) in [6.07, 6.45) is 0. The van der Waals surface area contributed by atoms with E-state index >= 15 is 0 Å². The molecule has 0 N–H and O–H groups in total. The molecule has 0 spiro atoms. The van der Waals surface area contributed by atoms with Crippen LogP contribution >= 0.6 is 61.8 Å². The van der Waals surface area contributed by atoms with Crippen molar-refractivity contribution in [2.24, 2.45) is 0 Å². The first kappa shape index (κ1) is 9.10. The largest absolute Gasteiger partial charge is 0.410 e. The van der Waals surface area contributed by atoms with Crippen molar-refractivity contribution >= 4 is 66.0 Å². The van der Waals surface area contributed by atoms with E-state index < -0.39 is 4.18 Å². The summed E-state index contributed by atoms with van der Waals surface area (Å²) in [5.41, 5.74) is 0.543. The Kier molecular flexibility index (Phi) is 5.20. The molecule has 0 atom stereocenters. The van der Waals surface area contributed by atoms with Gasteiger partial charge >= 0.3 is 4.18 Å². The Morgan fingerprint density at radius 1 is 1.29 bits per heavy atom. The fourth-order valence-corrected chi connectivity index (χ4v) is 5.01. The highest BCUT2D eigenvalue weighted by molar-refractivity contribution is 9.71. The van der Waals surface area contributed by atoms with E-state index in [1.54, 1.807) is 0 Å².